The zero-order valence-corrected chi connectivity index (χ0v) is 14.9. The van der Waals surface area contributed by atoms with E-state index in [4.69, 9.17) is 9.47 Å². The second-order valence-corrected chi connectivity index (χ2v) is 6.08. The van der Waals surface area contributed by atoms with Crippen molar-refractivity contribution in [1.82, 2.24) is 10.6 Å². The number of nitrogens with one attached hydrogen (secondary N) is 2. The van der Waals surface area contributed by atoms with E-state index in [0.29, 0.717) is 24.3 Å². The van der Waals surface area contributed by atoms with Crippen molar-refractivity contribution in [2.45, 2.75) is 19.1 Å². The lowest BCUT2D eigenvalue weighted by atomic mass is 9.98. The minimum absolute atomic E-state index is 0.0545. The normalized spacial score (nSPS) is 15.3. The number of hydrogen-bond acceptors (Lipinski definition) is 5. The molecule has 1 aliphatic rings. The lowest BCUT2D eigenvalue weighted by Gasteiger charge is -2.23. The van der Waals surface area contributed by atoms with Crippen molar-refractivity contribution in [3.63, 3.8) is 0 Å². The Labute approximate surface area is 156 Å². The highest BCUT2D eigenvalue weighted by Gasteiger charge is 2.30. The van der Waals surface area contributed by atoms with Crippen LogP contribution >= 0.6 is 0 Å². The molecule has 0 aromatic heterocycles. The van der Waals surface area contributed by atoms with Crippen LogP contribution < -0.4 is 15.4 Å². The number of cyclic esters (lactones) is 1. The molecule has 0 bridgehead atoms. The predicted octanol–water partition coefficient (Wildman–Crippen LogP) is 1.21. The van der Waals surface area contributed by atoms with E-state index >= 15 is 0 Å². The van der Waals surface area contributed by atoms with E-state index in [-0.39, 0.29) is 18.4 Å². The summed E-state index contributed by atoms with van der Waals surface area (Å²) in [6, 6.07) is 14.2. The van der Waals surface area contributed by atoms with E-state index in [1.807, 2.05) is 12.1 Å². The van der Waals surface area contributed by atoms with E-state index in [0.717, 1.165) is 11.1 Å². The molecule has 1 aliphatic heterocycles. The van der Waals surface area contributed by atoms with E-state index in [9.17, 15) is 14.4 Å². The lowest BCUT2D eigenvalue weighted by Crippen LogP contribution is -2.41. The predicted molar refractivity (Wildman–Crippen MR) is 97.2 cm³/mol. The third kappa shape index (κ3) is 4.63. The molecule has 2 amide bonds. The van der Waals surface area contributed by atoms with Crippen LogP contribution in [0, 0.1) is 0 Å². The number of benzene rings is 2. The topological polar surface area (TPSA) is 93.7 Å². The lowest BCUT2D eigenvalue weighted by molar-refractivity contribution is -0.130. The van der Waals surface area contributed by atoms with Crippen LogP contribution in [0.3, 0.4) is 0 Å². The van der Waals surface area contributed by atoms with Crippen molar-refractivity contribution in [3.8, 4) is 5.75 Å². The number of rotatable bonds is 6. The minimum Gasteiger partial charge on any atom is -0.484 e. The molecule has 140 valence electrons. The van der Waals surface area contributed by atoms with Crippen molar-refractivity contribution in [3.05, 3.63) is 65.2 Å². The standard InChI is InChI=1S/C20H20N2O5/c1-21-18(23)12-26-15-8-6-13(7-9-15)11-22-19(24)17-10-14-4-2-3-5-16(14)20(25)27-17/h2-9,17H,10-12H2,1H3,(H,21,23)(H,22,24)/t17-/m0/s1. The largest absolute Gasteiger partial charge is 0.484 e. The average Bonchev–Trinajstić information content (AvgIpc) is 2.70. The van der Waals surface area contributed by atoms with Crippen molar-refractivity contribution >= 4 is 17.8 Å². The zero-order valence-electron chi connectivity index (χ0n) is 14.9. The maximum Gasteiger partial charge on any atom is 0.339 e. The molecule has 1 atom stereocenters. The van der Waals surface area contributed by atoms with Crippen molar-refractivity contribution in [2.24, 2.45) is 0 Å². The molecule has 0 spiro atoms. The Bertz CT molecular complexity index is 848. The molecular formula is C20H20N2O5. The number of carbonyl (C=O) groups excluding carboxylic acids is 3. The molecule has 0 saturated carbocycles. The number of ether oxygens (including phenoxy) is 2. The van der Waals surface area contributed by atoms with Gasteiger partial charge < -0.3 is 20.1 Å². The van der Waals surface area contributed by atoms with Gasteiger partial charge in [0.25, 0.3) is 11.8 Å². The molecule has 0 radical (unpaired) electrons. The van der Waals surface area contributed by atoms with E-state index in [1.54, 1.807) is 43.4 Å². The summed E-state index contributed by atoms with van der Waals surface area (Å²) in [7, 11) is 1.54. The summed E-state index contributed by atoms with van der Waals surface area (Å²) in [4.78, 5) is 35.5. The van der Waals surface area contributed by atoms with Gasteiger partial charge in [-0.2, -0.15) is 0 Å². The van der Waals surface area contributed by atoms with Crippen LogP contribution in [0.2, 0.25) is 0 Å². The first-order chi connectivity index (χ1) is 13.1. The van der Waals surface area contributed by atoms with Gasteiger partial charge in [0.2, 0.25) is 0 Å². The van der Waals surface area contributed by atoms with Gasteiger partial charge in [-0.05, 0) is 29.3 Å². The molecule has 7 nitrogen and oxygen atoms in total. The Morgan fingerprint density at radius 1 is 1.15 bits per heavy atom. The summed E-state index contributed by atoms with van der Waals surface area (Å²) in [5.41, 5.74) is 2.18. The number of esters is 1. The van der Waals surface area contributed by atoms with E-state index in [1.165, 1.54) is 0 Å². The number of carbonyl (C=O) groups is 3. The van der Waals surface area contributed by atoms with Crippen LogP contribution in [-0.2, 0) is 27.3 Å². The van der Waals surface area contributed by atoms with Gasteiger partial charge in [-0.1, -0.05) is 30.3 Å². The zero-order chi connectivity index (χ0) is 19.2. The van der Waals surface area contributed by atoms with Crippen LogP contribution in [0.25, 0.3) is 0 Å². The van der Waals surface area contributed by atoms with Gasteiger partial charge in [-0.25, -0.2) is 4.79 Å². The maximum atomic E-state index is 12.3. The molecule has 0 aliphatic carbocycles. The van der Waals surface area contributed by atoms with Gasteiger partial charge in [0.05, 0.1) is 5.56 Å². The Kier molecular flexibility index (Phi) is 5.71. The third-order valence-electron chi connectivity index (χ3n) is 4.22. The molecule has 2 aromatic carbocycles. The molecule has 27 heavy (non-hydrogen) atoms. The summed E-state index contributed by atoms with van der Waals surface area (Å²) in [6.45, 7) is 0.241. The molecular weight excluding hydrogens is 348 g/mol. The van der Waals surface area contributed by atoms with Crippen molar-refractivity contribution in [1.29, 1.82) is 0 Å². The van der Waals surface area contributed by atoms with Crippen LogP contribution in [0.15, 0.2) is 48.5 Å². The smallest absolute Gasteiger partial charge is 0.339 e. The maximum absolute atomic E-state index is 12.3. The van der Waals surface area contributed by atoms with Gasteiger partial charge in [-0.15, -0.1) is 0 Å². The molecule has 0 unspecified atom stereocenters. The van der Waals surface area contributed by atoms with Crippen LogP contribution in [0.5, 0.6) is 5.75 Å². The molecule has 0 fully saturated rings. The summed E-state index contributed by atoms with van der Waals surface area (Å²) in [5.74, 6) is -0.464. The Morgan fingerprint density at radius 2 is 1.89 bits per heavy atom. The van der Waals surface area contributed by atoms with Gasteiger partial charge in [0.1, 0.15) is 5.75 Å². The second kappa shape index (κ2) is 8.35. The Hall–Kier alpha value is -3.35. The first kappa shape index (κ1) is 18.4. The molecule has 2 aromatic rings. The monoisotopic (exact) mass is 368 g/mol. The summed E-state index contributed by atoms with van der Waals surface area (Å²) in [6.07, 6.45) is -0.470. The number of likely N-dealkylation sites (N-methyl/N-ethyl adjacent to an activating group) is 1. The average molecular weight is 368 g/mol. The molecule has 0 saturated heterocycles. The van der Waals surface area contributed by atoms with Crippen LogP contribution in [0.1, 0.15) is 21.5 Å². The summed E-state index contributed by atoms with van der Waals surface area (Å²) >= 11 is 0. The molecule has 2 N–H and O–H groups in total. The van der Waals surface area contributed by atoms with Crippen LogP contribution in [-0.4, -0.2) is 37.5 Å². The molecule has 7 heteroatoms. The van der Waals surface area contributed by atoms with Crippen LogP contribution in [0.4, 0.5) is 0 Å². The van der Waals surface area contributed by atoms with Gasteiger partial charge in [0.15, 0.2) is 12.7 Å². The van der Waals surface area contributed by atoms with Crippen molar-refractivity contribution < 1.29 is 23.9 Å². The van der Waals surface area contributed by atoms with Gasteiger partial charge >= 0.3 is 5.97 Å². The van der Waals surface area contributed by atoms with E-state index < -0.39 is 12.1 Å². The molecule has 1 heterocycles. The Balaban J connectivity index is 1.52. The van der Waals surface area contributed by atoms with Crippen molar-refractivity contribution in [2.75, 3.05) is 13.7 Å². The molecule has 3 rings (SSSR count). The SMILES string of the molecule is CNC(=O)COc1ccc(CNC(=O)[C@@H]2Cc3ccccc3C(=O)O2)cc1. The number of amides is 2. The Morgan fingerprint density at radius 3 is 2.63 bits per heavy atom. The highest BCUT2D eigenvalue weighted by Crippen LogP contribution is 2.20. The fourth-order valence-electron chi connectivity index (χ4n) is 2.71. The second-order valence-electron chi connectivity index (χ2n) is 6.08. The fourth-order valence-corrected chi connectivity index (χ4v) is 2.71. The van der Waals surface area contributed by atoms with E-state index in [2.05, 4.69) is 10.6 Å². The number of hydrogen-bond donors (Lipinski definition) is 2. The summed E-state index contributed by atoms with van der Waals surface area (Å²) < 4.78 is 10.6. The minimum atomic E-state index is -0.831. The quantitative estimate of drug-likeness (QED) is 0.748. The highest BCUT2D eigenvalue weighted by atomic mass is 16.5. The fraction of sp³-hybridized carbons (Fsp3) is 0.250. The first-order valence-electron chi connectivity index (χ1n) is 8.55. The third-order valence-corrected chi connectivity index (χ3v) is 4.22. The first-order valence-corrected chi connectivity index (χ1v) is 8.55. The van der Waals surface area contributed by atoms with Gasteiger partial charge in [0, 0.05) is 20.0 Å². The summed E-state index contributed by atoms with van der Waals surface area (Å²) in [5, 5.41) is 5.25. The highest BCUT2D eigenvalue weighted by molar-refractivity contribution is 5.95. The van der Waals surface area contributed by atoms with Gasteiger partial charge in [-0.3, -0.25) is 9.59 Å². The number of fused-ring (bicyclic) bond motifs is 1.